The van der Waals surface area contributed by atoms with Gasteiger partial charge in [-0.3, -0.25) is 4.68 Å². The molecule has 0 bridgehead atoms. The number of hydrogen-bond acceptors (Lipinski definition) is 2. The highest BCUT2D eigenvalue weighted by atomic mass is 15.3. The van der Waals surface area contributed by atoms with Crippen molar-refractivity contribution in [1.29, 1.82) is 0 Å². The highest BCUT2D eigenvalue weighted by Crippen LogP contribution is 2.15. The van der Waals surface area contributed by atoms with Crippen LogP contribution >= 0.6 is 0 Å². The number of aromatic nitrogens is 2. The summed E-state index contributed by atoms with van der Waals surface area (Å²) in [5.41, 5.74) is 11.0. The van der Waals surface area contributed by atoms with Crippen LogP contribution < -0.4 is 5.73 Å². The zero-order valence-electron chi connectivity index (χ0n) is 12.1. The number of benzene rings is 1. The van der Waals surface area contributed by atoms with Crippen molar-refractivity contribution in [3.05, 3.63) is 52.8 Å². The molecule has 3 nitrogen and oxygen atoms in total. The minimum Gasteiger partial charge on any atom is -0.330 e. The predicted molar refractivity (Wildman–Crippen MR) is 79.1 cm³/mol. The Morgan fingerprint density at radius 3 is 2.58 bits per heavy atom. The van der Waals surface area contributed by atoms with Gasteiger partial charge in [-0.2, -0.15) is 5.10 Å². The standard InChI is InChI=1S/C16H23N3/c1-12-5-4-6-14(7-12)9-15(11-17)10-16-8-13(2)18-19(16)3/h4-8,15H,9-11,17H2,1-3H3. The van der Waals surface area contributed by atoms with Crippen molar-refractivity contribution in [2.75, 3.05) is 6.54 Å². The summed E-state index contributed by atoms with van der Waals surface area (Å²) < 4.78 is 1.97. The normalized spacial score (nSPS) is 12.6. The molecule has 0 saturated heterocycles. The maximum Gasteiger partial charge on any atom is 0.0596 e. The van der Waals surface area contributed by atoms with Crippen LogP contribution in [-0.2, 0) is 19.9 Å². The number of aryl methyl sites for hydroxylation is 3. The number of nitrogens with zero attached hydrogens (tertiary/aromatic N) is 2. The fourth-order valence-corrected chi connectivity index (χ4v) is 2.56. The van der Waals surface area contributed by atoms with Crippen LogP contribution in [0.2, 0.25) is 0 Å². The molecule has 1 unspecified atom stereocenters. The molecule has 3 heteroatoms. The highest BCUT2D eigenvalue weighted by molar-refractivity contribution is 5.23. The molecule has 0 amide bonds. The van der Waals surface area contributed by atoms with E-state index in [0.717, 1.165) is 18.5 Å². The van der Waals surface area contributed by atoms with E-state index in [2.05, 4.69) is 42.4 Å². The number of nitrogens with two attached hydrogens (primary N) is 1. The summed E-state index contributed by atoms with van der Waals surface area (Å²) in [7, 11) is 2.00. The Morgan fingerprint density at radius 2 is 2.00 bits per heavy atom. The van der Waals surface area contributed by atoms with Crippen LogP contribution in [0.5, 0.6) is 0 Å². The number of hydrogen-bond donors (Lipinski definition) is 1. The second-order valence-corrected chi connectivity index (χ2v) is 5.40. The van der Waals surface area contributed by atoms with Crippen molar-refractivity contribution in [2.45, 2.75) is 26.7 Å². The first-order valence-corrected chi connectivity index (χ1v) is 6.83. The van der Waals surface area contributed by atoms with Gasteiger partial charge in [0.25, 0.3) is 0 Å². The molecule has 1 aromatic carbocycles. The molecular formula is C16H23N3. The quantitative estimate of drug-likeness (QED) is 0.894. The van der Waals surface area contributed by atoms with Gasteiger partial charge in [-0.15, -0.1) is 0 Å². The zero-order chi connectivity index (χ0) is 13.8. The second-order valence-electron chi connectivity index (χ2n) is 5.40. The van der Waals surface area contributed by atoms with E-state index in [9.17, 15) is 0 Å². The third-order valence-corrected chi connectivity index (χ3v) is 3.54. The van der Waals surface area contributed by atoms with Crippen molar-refractivity contribution in [3.63, 3.8) is 0 Å². The molecule has 1 atom stereocenters. The molecule has 19 heavy (non-hydrogen) atoms. The Hall–Kier alpha value is -1.61. The molecule has 102 valence electrons. The monoisotopic (exact) mass is 257 g/mol. The molecule has 0 radical (unpaired) electrons. The smallest absolute Gasteiger partial charge is 0.0596 e. The van der Waals surface area contributed by atoms with Crippen LogP contribution in [0.4, 0.5) is 0 Å². The summed E-state index contributed by atoms with van der Waals surface area (Å²) in [6, 6.07) is 10.8. The Morgan fingerprint density at radius 1 is 1.21 bits per heavy atom. The molecule has 2 rings (SSSR count). The largest absolute Gasteiger partial charge is 0.330 e. The summed E-state index contributed by atoms with van der Waals surface area (Å²) >= 11 is 0. The molecule has 0 spiro atoms. The highest BCUT2D eigenvalue weighted by Gasteiger charge is 2.12. The lowest BCUT2D eigenvalue weighted by atomic mass is 9.94. The van der Waals surface area contributed by atoms with Gasteiger partial charge < -0.3 is 5.73 Å². The maximum absolute atomic E-state index is 5.93. The summed E-state index contributed by atoms with van der Waals surface area (Å²) in [6.45, 7) is 4.87. The van der Waals surface area contributed by atoms with Crippen LogP contribution in [0, 0.1) is 19.8 Å². The first-order valence-electron chi connectivity index (χ1n) is 6.83. The first kappa shape index (κ1) is 13.8. The lowest BCUT2D eigenvalue weighted by molar-refractivity contribution is 0.510. The van der Waals surface area contributed by atoms with Crippen molar-refractivity contribution in [3.8, 4) is 0 Å². The molecule has 1 aromatic heterocycles. The summed E-state index contributed by atoms with van der Waals surface area (Å²) in [5, 5.41) is 4.40. The lowest BCUT2D eigenvalue weighted by Crippen LogP contribution is -2.20. The van der Waals surface area contributed by atoms with E-state index in [1.165, 1.54) is 16.8 Å². The molecule has 2 N–H and O–H groups in total. The van der Waals surface area contributed by atoms with Crippen LogP contribution in [-0.4, -0.2) is 16.3 Å². The van der Waals surface area contributed by atoms with Gasteiger partial charge in [-0.05, 0) is 50.8 Å². The molecule has 2 aromatic rings. The van der Waals surface area contributed by atoms with E-state index in [1.807, 2.05) is 18.7 Å². The average molecular weight is 257 g/mol. The van der Waals surface area contributed by atoms with E-state index in [4.69, 9.17) is 5.73 Å². The first-order chi connectivity index (χ1) is 9.08. The average Bonchev–Trinajstić information content (AvgIpc) is 2.67. The van der Waals surface area contributed by atoms with Crippen molar-refractivity contribution >= 4 is 0 Å². The van der Waals surface area contributed by atoms with E-state index >= 15 is 0 Å². The van der Waals surface area contributed by atoms with Gasteiger partial charge in [0, 0.05) is 12.7 Å². The van der Waals surface area contributed by atoms with E-state index in [-0.39, 0.29) is 0 Å². The molecule has 1 heterocycles. The lowest BCUT2D eigenvalue weighted by Gasteiger charge is -2.15. The molecular weight excluding hydrogens is 234 g/mol. The third-order valence-electron chi connectivity index (χ3n) is 3.54. The molecule has 0 aliphatic carbocycles. The molecule has 0 saturated carbocycles. The van der Waals surface area contributed by atoms with Crippen LogP contribution in [0.15, 0.2) is 30.3 Å². The fraction of sp³-hybridized carbons (Fsp3) is 0.438. The van der Waals surface area contributed by atoms with Gasteiger partial charge in [0.1, 0.15) is 0 Å². The minimum absolute atomic E-state index is 0.469. The molecule has 0 aliphatic rings. The Bertz CT molecular complexity index is 543. The second kappa shape index (κ2) is 6.02. The minimum atomic E-state index is 0.469. The van der Waals surface area contributed by atoms with Gasteiger partial charge in [0.15, 0.2) is 0 Å². The zero-order valence-corrected chi connectivity index (χ0v) is 12.1. The van der Waals surface area contributed by atoms with Gasteiger partial charge in [-0.1, -0.05) is 29.8 Å². The van der Waals surface area contributed by atoms with E-state index < -0.39 is 0 Å². The van der Waals surface area contributed by atoms with Gasteiger partial charge in [0.05, 0.1) is 5.69 Å². The van der Waals surface area contributed by atoms with Crippen LogP contribution in [0.3, 0.4) is 0 Å². The molecule has 0 aliphatic heterocycles. The van der Waals surface area contributed by atoms with Gasteiger partial charge >= 0.3 is 0 Å². The summed E-state index contributed by atoms with van der Waals surface area (Å²) in [4.78, 5) is 0. The van der Waals surface area contributed by atoms with Crippen molar-refractivity contribution in [2.24, 2.45) is 18.7 Å². The summed E-state index contributed by atoms with van der Waals surface area (Å²) in [6.07, 6.45) is 2.02. The van der Waals surface area contributed by atoms with E-state index in [0.29, 0.717) is 12.5 Å². The maximum atomic E-state index is 5.93. The Kier molecular flexibility index (Phi) is 4.38. The van der Waals surface area contributed by atoms with Crippen molar-refractivity contribution in [1.82, 2.24) is 9.78 Å². The van der Waals surface area contributed by atoms with Crippen molar-refractivity contribution < 1.29 is 0 Å². The van der Waals surface area contributed by atoms with Crippen LogP contribution in [0.1, 0.15) is 22.5 Å². The van der Waals surface area contributed by atoms with E-state index in [1.54, 1.807) is 0 Å². The Balaban J connectivity index is 2.06. The summed E-state index contributed by atoms with van der Waals surface area (Å²) in [5.74, 6) is 0.469. The molecule has 0 fully saturated rings. The SMILES string of the molecule is Cc1cccc(CC(CN)Cc2cc(C)nn2C)c1. The Labute approximate surface area is 115 Å². The topological polar surface area (TPSA) is 43.8 Å². The number of rotatable bonds is 5. The van der Waals surface area contributed by atoms with Crippen LogP contribution in [0.25, 0.3) is 0 Å². The van der Waals surface area contributed by atoms with Gasteiger partial charge in [-0.25, -0.2) is 0 Å². The van der Waals surface area contributed by atoms with Gasteiger partial charge in [0.2, 0.25) is 0 Å². The predicted octanol–water partition coefficient (Wildman–Crippen LogP) is 2.40. The fourth-order valence-electron chi connectivity index (χ4n) is 2.56. The third kappa shape index (κ3) is 3.67.